The minimum Gasteiger partial charge on any atom is -0.328 e. The number of nitrogens with zero attached hydrogens (tertiary/aromatic N) is 2. The summed E-state index contributed by atoms with van der Waals surface area (Å²) in [7, 11) is 1.61. The topological polar surface area (TPSA) is 73.2 Å². The summed E-state index contributed by atoms with van der Waals surface area (Å²) < 4.78 is 13.0. The summed E-state index contributed by atoms with van der Waals surface area (Å²) in [6, 6.07) is 13.2. The van der Waals surface area contributed by atoms with Gasteiger partial charge in [-0.25, -0.2) is 9.18 Å². The highest BCUT2D eigenvalue weighted by Gasteiger charge is 2.26. The van der Waals surface area contributed by atoms with Crippen LogP contribution in [0.15, 0.2) is 48.5 Å². The van der Waals surface area contributed by atoms with Crippen molar-refractivity contribution >= 4 is 11.8 Å². The van der Waals surface area contributed by atoms with E-state index in [2.05, 4.69) is 5.32 Å². The number of rotatable bonds is 6. The van der Waals surface area contributed by atoms with Crippen LogP contribution in [0.5, 0.6) is 0 Å². The fraction of sp³-hybridized carbons (Fsp3) is 0.286. The zero-order valence-corrected chi connectivity index (χ0v) is 15.6. The van der Waals surface area contributed by atoms with Gasteiger partial charge >= 0.3 is 6.03 Å². The van der Waals surface area contributed by atoms with Crippen molar-refractivity contribution in [2.24, 2.45) is 5.92 Å². The third-order valence-corrected chi connectivity index (χ3v) is 4.21. The van der Waals surface area contributed by atoms with Crippen LogP contribution < -0.4 is 5.32 Å². The molecule has 0 saturated heterocycles. The van der Waals surface area contributed by atoms with Gasteiger partial charge in [0.15, 0.2) is 5.78 Å². The first-order valence-corrected chi connectivity index (χ1v) is 8.62. The Kier molecular flexibility index (Phi) is 6.67. The summed E-state index contributed by atoms with van der Waals surface area (Å²) in [5, 5.41) is 11.6. The number of nitrogens with one attached hydrogen (secondary N) is 1. The highest BCUT2D eigenvalue weighted by atomic mass is 19.1. The molecule has 140 valence electrons. The van der Waals surface area contributed by atoms with Crippen LogP contribution in [-0.2, 0) is 6.54 Å². The second-order valence-electron chi connectivity index (χ2n) is 6.71. The Labute approximate surface area is 158 Å². The Bertz CT molecular complexity index is 839. The Morgan fingerprint density at radius 1 is 1.11 bits per heavy atom. The zero-order chi connectivity index (χ0) is 20.0. The van der Waals surface area contributed by atoms with E-state index in [1.807, 2.05) is 19.9 Å². The summed E-state index contributed by atoms with van der Waals surface area (Å²) in [6.07, 6.45) is 0. The molecule has 1 atom stereocenters. The zero-order valence-electron chi connectivity index (χ0n) is 15.6. The van der Waals surface area contributed by atoms with Gasteiger partial charge in [0.25, 0.3) is 0 Å². The van der Waals surface area contributed by atoms with Crippen LogP contribution >= 0.6 is 0 Å². The molecule has 0 heterocycles. The number of benzene rings is 2. The molecule has 2 rings (SSSR count). The first kappa shape index (κ1) is 20.1. The van der Waals surface area contributed by atoms with Crippen molar-refractivity contribution in [2.45, 2.75) is 26.4 Å². The number of hydrogen-bond acceptors (Lipinski definition) is 3. The minimum absolute atomic E-state index is 0.115. The molecule has 0 spiro atoms. The Hall–Kier alpha value is -3.20. The summed E-state index contributed by atoms with van der Waals surface area (Å²) in [4.78, 5) is 26.7. The second-order valence-corrected chi connectivity index (χ2v) is 6.71. The van der Waals surface area contributed by atoms with E-state index in [9.17, 15) is 14.0 Å². The van der Waals surface area contributed by atoms with Gasteiger partial charge < -0.3 is 10.2 Å². The van der Waals surface area contributed by atoms with Crippen LogP contribution in [0.25, 0.3) is 0 Å². The van der Waals surface area contributed by atoms with Crippen LogP contribution in [0.4, 0.5) is 9.18 Å². The van der Waals surface area contributed by atoms with E-state index in [1.165, 1.54) is 17.0 Å². The molecule has 0 radical (unpaired) electrons. The lowest BCUT2D eigenvalue weighted by Gasteiger charge is -2.25. The monoisotopic (exact) mass is 367 g/mol. The molecule has 0 saturated carbocycles. The van der Waals surface area contributed by atoms with Gasteiger partial charge in [-0.3, -0.25) is 4.79 Å². The van der Waals surface area contributed by atoms with Crippen molar-refractivity contribution in [3.05, 3.63) is 71.0 Å². The molecule has 0 bridgehead atoms. The average molecular weight is 367 g/mol. The standard InChI is InChI=1S/C21H22FN3O2/c1-14(2)19(20(26)17-8-4-15(12-23)5-9-17)24-21(27)25(3)13-16-6-10-18(22)11-7-16/h4-11,14,19H,13H2,1-3H3,(H,24,27). The predicted octanol–water partition coefficient (Wildman–Crippen LogP) is 3.75. The van der Waals surface area contributed by atoms with Crippen molar-refractivity contribution in [1.29, 1.82) is 5.26 Å². The number of halogens is 1. The maximum Gasteiger partial charge on any atom is 0.318 e. The van der Waals surface area contributed by atoms with Crippen LogP contribution in [0.3, 0.4) is 0 Å². The normalized spacial score (nSPS) is 11.6. The lowest BCUT2D eigenvalue weighted by molar-refractivity contribution is 0.0915. The molecular weight excluding hydrogens is 345 g/mol. The quantitative estimate of drug-likeness (QED) is 0.791. The third-order valence-electron chi connectivity index (χ3n) is 4.21. The second kappa shape index (κ2) is 8.95. The molecule has 1 N–H and O–H groups in total. The van der Waals surface area contributed by atoms with E-state index in [1.54, 1.807) is 43.4 Å². The molecule has 6 heteroatoms. The highest BCUT2D eigenvalue weighted by molar-refractivity contribution is 6.02. The number of amides is 2. The molecule has 5 nitrogen and oxygen atoms in total. The largest absolute Gasteiger partial charge is 0.328 e. The van der Waals surface area contributed by atoms with Gasteiger partial charge in [-0.2, -0.15) is 5.26 Å². The van der Waals surface area contributed by atoms with Crippen LogP contribution in [-0.4, -0.2) is 29.8 Å². The third kappa shape index (κ3) is 5.38. The highest BCUT2D eigenvalue weighted by Crippen LogP contribution is 2.13. The molecule has 27 heavy (non-hydrogen) atoms. The molecule has 0 fully saturated rings. The number of nitriles is 1. The van der Waals surface area contributed by atoms with Gasteiger partial charge in [-0.05, 0) is 35.7 Å². The first-order valence-electron chi connectivity index (χ1n) is 8.62. The Balaban J connectivity index is 2.07. The maximum absolute atomic E-state index is 13.0. The fourth-order valence-corrected chi connectivity index (χ4v) is 2.60. The van der Waals surface area contributed by atoms with Crippen LogP contribution in [0.1, 0.15) is 35.3 Å². The smallest absolute Gasteiger partial charge is 0.318 e. The lowest BCUT2D eigenvalue weighted by Crippen LogP contribution is -2.49. The molecule has 0 aliphatic carbocycles. The summed E-state index contributed by atoms with van der Waals surface area (Å²) in [5.41, 5.74) is 1.69. The molecule has 2 aromatic rings. The van der Waals surface area contributed by atoms with E-state index in [0.717, 1.165) is 5.56 Å². The SMILES string of the molecule is CC(C)C(NC(=O)N(C)Cc1ccc(F)cc1)C(=O)c1ccc(C#N)cc1. The molecule has 0 aliphatic rings. The van der Waals surface area contributed by atoms with E-state index in [4.69, 9.17) is 5.26 Å². The average Bonchev–Trinajstić information content (AvgIpc) is 2.67. The van der Waals surface area contributed by atoms with Gasteiger partial charge in [0.1, 0.15) is 5.82 Å². The van der Waals surface area contributed by atoms with Gasteiger partial charge in [-0.15, -0.1) is 0 Å². The van der Waals surface area contributed by atoms with Crippen molar-refractivity contribution < 1.29 is 14.0 Å². The molecule has 0 aromatic heterocycles. The Morgan fingerprint density at radius 3 is 2.22 bits per heavy atom. The summed E-state index contributed by atoms with van der Waals surface area (Å²) in [6.45, 7) is 4.00. The van der Waals surface area contributed by atoms with Gasteiger partial charge in [0.2, 0.25) is 0 Å². The number of carbonyl (C=O) groups excluding carboxylic acids is 2. The molecular formula is C21H22FN3O2. The van der Waals surface area contributed by atoms with Crippen molar-refractivity contribution in [2.75, 3.05) is 7.05 Å². The Morgan fingerprint density at radius 2 is 1.70 bits per heavy atom. The van der Waals surface area contributed by atoms with Gasteiger partial charge in [0, 0.05) is 19.2 Å². The summed E-state index contributed by atoms with van der Waals surface area (Å²) in [5.74, 6) is -0.659. The molecule has 0 aliphatic heterocycles. The fourth-order valence-electron chi connectivity index (χ4n) is 2.60. The van der Waals surface area contributed by atoms with Crippen molar-refractivity contribution in [1.82, 2.24) is 10.2 Å². The number of carbonyl (C=O) groups is 2. The van der Waals surface area contributed by atoms with Crippen LogP contribution in [0, 0.1) is 23.1 Å². The van der Waals surface area contributed by atoms with E-state index in [0.29, 0.717) is 17.7 Å². The minimum atomic E-state index is -0.693. The molecule has 2 aromatic carbocycles. The van der Waals surface area contributed by atoms with Gasteiger partial charge in [-0.1, -0.05) is 38.1 Å². The number of ketones is 1. The van der Waals surface area contributed by atoms with E-state index in [-0.39, 0.29) is 23.5 Å². The van der Waals surface area contributed by atoms with Gasteiger partial charge in [0.05, 0.1) is 17.7 Å². The summed E-state index contributed by atoms with van der Waals surface area (Å²) >= 11 is 0. The van der Waals surface area contributed by atoms with E-state index >= 15 is 0 Å². The number of urea groups is 1. The van der Waals surface area contributed by atoms with E-state index < -0.39 is 6.04 Å². The number of Topliss-reactive ketones (excluding diaryl/α,β-unsaturated/α-hetero) is 1. The maximum atomic E-state index is 13.0. The lowest BCUT2D eigenvalue weighted by atomic mass is 9.94. The predicted molar refractivity (Wildman–Crippen MR) is 101 cm³/mol. The van der Waals surface area contributed by atoms with Crippen molar-refractivity contribution in [3.63, 3.8) is 0 Å². The molecule has 1 unspecified atom stereocenters. The molecule has 2 amide bonds. The van der Waals surface area contributed by atoms with Crippen molar-refractivity contribution in [3.8, 4) is 6.07 Å². The number of hydrogen-bond donors (Lipinski definition) is 1. The van der Waals surface area contributed by atoms with Crippen LogP contribution in [0.2, 0.25) is 0 Å². The first-order chi connectivity index (χ1) is 12.8.